The van der Waals surface area contributed by atoms with Crippen molar-refractivity contribution in [2.24, 2.45) is 0 Å². The first-order valence-corrected chi connectivity index (χ1v) is 10.3. The molecule has 0 saturated carbocycles. The topological polar surface area (TPSA) is 47.3 Å². The van der Waals surface area contributed by atoms with E-state index < -0.39 is 0 Å². The monoisotopic (exact) mass is 398 g/mol. The Hall–Kier alpha value is -3.37. The zero-order chi connectivity index (χ0) is 20.6. The average molecular weight is 399 g/mol. The number of aromatic nitrogens is 1. The molecule has 0 saturated heterocycles. The summed E-state index contributed by atoms with van der Waals surface area (Å²) in [5.41, 5.74) is 4.04. The van der Waals surface area contributed by atoms with Crippen molar-refractivity contribution in [3.05, 3.63) is 95.9 Å². The first-order valence-electron chi connectivity index (χ1n) is 10.3. The number of rotatable bonds is 9. The van der Waals surface area contributed by atoms with Gasteiger partial charge in [-0.05, 0) is 54.8 Å². The molecule has 4 rings (SSSR count). The Labute approximate surface area is 177 Å². The first kappa shape index (κ1) is 19.9. The molecule has 0 aliphatic rings. The van der Waals surface area contributed by atoms with E-state index in [9.17, 15) is 0 Å². The molecule has 0 fully saturated rings. The van der Waals surface area contributed by atoms with Gasteiger partial charge in [0.2, 0.25) is 5.89 Å². The van der Waals surface area contributed by atoms with Crippen molar-refractivity contribution in [3.8, 4) is 5.75 Å². The molecule has 0 spiro atoms. The van der Waals surface area contributed by atoms with Gasteiger partial charge in [-0.3, -0.25) is 0 Å². The first-order chi connectivity index (χ1) is 14.8. The fourth-order valence-corrected chi connectivity index (χ4v) is 3.15. The molecule has 30 heavy (non-hydrogen) atoms. The second kappa shape index (κ2) is 9.90. The van der Waals surface area contributed by atoms with Crippen LogP contribution in [0.5, 0.6) is 5.75 Å². The van der Waals surface area contributed by atoms with Crippen molar-refractivity contribution in [3.63, 3.8) is 0 Å². The number of nitrogens with one attached hydrogen (secondary N) is 1. The van der Waals surface area contributed by atoms with Crippen LogP contribution in [-0.2, 0) is 6.54 Å². The Morgan fingerprint density at radius 2 is 1.70 bits per heavy atom. The van der Waals surface area contributed by atoms with Crippen LogP contribution in [0.3, 0.4) is 0 Å². The number of ether oxygens (including phenoxy) is 1. The fraction of sp³-hybridized carbons (Fsp3) is 0.192. The Bertz CT molecular complexity index is 1050. The quantitative estimate of drug-likeness (QED) is 0.379. The second-order valence-corrected chi connectivity index (χ2v) is 7.33. The van der Waals surface area contributed by atoms with E-state index in [4.69, 9.17) is 9.15 Å². The number of oxazole rings is 1. The Morgan fingerprint density at radius 1 is 0.933 bits per heavy atom. The number of fused-ring (bicyclic) bond motifs is 1. The van der Waals surface area contributed by atoms with E-state index in [1.807, 2.05) is 66.7 Å². The molecule has 4 heteroatoms. The highest BCUT2D eigenvalue weighted by Gasteiger charge is 2.03. The largest absolute Gasteiger partial charge is 0.494 e. The van der Waals surface area contributed by atoms with Crippen LogP contribution in [0, 0.1) is 0 Å². The number of hydrogen-bond donors (Lipinski definition) is 1. The lowest BCUT2D eigenvalue weighted by molar-refractivity contribution is 0.289. The zero-order valence-electron chi connectivity index (χ0n) is 17.1. The van der Waals surface area contributed by atoms with Gasteiger partial charge in [0.05, 0.1) is 6.61 Å². The Kier molecular flexibility index (Phi) is 6.58. The van der Waals surface area contributed by atoms with Crippen LogP contribution in [0.1, 0.15) is 30.4 Å². The minimum Gasteiger partial charge on any atom is -0.494 e. The van der Waals surface area contributed by atoms with Crippen LogP contribution >= 0.6 is 0 Å². The molecule has 0 radical (unpaired) electrons. The van der Waals surface area contributed by atoms with E-state index in [1.54, 1.807) is 0 Å². The van der Waals surface area contributed by atoms with Gasteiger partial charge in [0.25, 0.3) is 0 Å². The second-order valence-electron chi connectivity index (χ2n) is 7.33. The van der Waals surface area contributed by atoms with E-state index >= 15 is 0 Å². The molecule has 1 unspecified atom stereocenters. The number of nitrogens with zero attached hydrogens (tertiary/aromatic N) is 1. The van der Waals surface area contributed by atoms with E-state index in [-0.39, 0.29) is 0 Å². The number of para-hydroxylation sites is 2. The summed E-state index contributed by atoms with van der Waals surface area (Å²) in [4.78, 5) is 4.45. The Balaban J connectivity index is 1.22. The lowest BCUT2D eigenvalue weighted by atomic mass is 10.2. The molecule has 0 aliphatic heterocycles. The third-order valence-corrected chi connectivity index (χ3v) is 4.93. The van der Waals surface area contributed by atoms with E-state index in [2.05, 4.69) is 41.5 Å². The van der Waals surface area contributed by atoms with E-state index in [0.717, 1.165) is 35.4 Å². The van der Waals surface area contributed by atoms with Crippen molar-refractivity contribution >= 4 is 23.3 Å². The molecule has 4 nitrogen and oxygen atoms in total. The average Bonchev–Trinajstić information content (AvgIpc) is 3.21. The minimum atomic E-state index is 0.392. The van der Waals surface area contributed by atoms with Gasteiger partial charge >= 0.3 is 0 Å². The molecule has 4 aromatic rings. The highest BCUT2D eigenvalue weighted by Crippen LogP contribution is 2.18. The lowest BCUT2D eigenvalue weighted by Gasteiger charge is -2.14. The van der Waals surface area contributed by atoms with Gasteiger partial charge in [0, 0.05) is 18.7 Å². The van der Waals surface area contributed by atoms with Crippen LogP contribution in [0.15, 0.2) is 83.3 Å². The van der Waals surface area contributed by atoms with Crippen molar-refractivity contribution in [2.75, 3.05) is 6.61 Å². The molecule has 3 aromatic carbocycles. The highest BCUT2D eigenvalue weighted by atomic mass is 16.5. The van der Waals surface area contributed by atoms with E-state index in [0.29, 0.717) is 18.5 Å². The summed E-state index contributed by atoms with van der Waals surface area (Å²) in [6, 6.07) is 26.7. The highest BCUT2D eigenvalue weighted by molar-refractivity contribution is 5.75. The molecule has 152 valence electrons. The molecular formula is C26H26N2O2. The third-order valence-electron chi connectivity index (χ3n) is 4.93. The van der Waals surface area contributed by atoms with E-state index in [1.165, 1.54) is 5.56 Å². The predicted octanol–water partition coefficient (Wildman–Crippen LogP) is 5.95. The minimum absolute atomic E-state index is 0.392. The number of benzene rings is 3. The van der Waals surface area contributed by atoms with Gasteiger partial charge in [-0.1, -0.05) is 54.6 Å². The molecule has 1 N–H and O–H groups in total. The maximum absolute atomic E-state index is 5.89. The van der Waals surface area contributed by atoms with Crippen LogP contribution in [0.4, 0.5) is 0 Å². The summed E-state index contributed by atoms with van der Waals surface area (Å²) in [6.07, 6.45) is 4.83. The van der Waals surface area contributed by atoms with Gasteiger partial charge in [0.15, 0.2) is 5.58 Å². The SMILES string of the molecule is CC(CCOc1ccc(C=Cc2nc3ccccc3o2)cc1)NCc1ccccc1. The maximum Gasteiger partial charge on any atom is 0.220 e. The summed E-state index contributed by atoms with van der Waals surface area (Å²) < 4.78 is 11.6. The van der Waals surface area contributed by atoms with Gasteiger partial charge in [0.1, 0.15) is 11.3 Å². The van der Waals surface area contributed by atoms with Crippen LogP contribution in [-0.4, -0.2) is 17.6 Å². The maximum atomic E-state index is 5.89. The lowest BCUT2D eigenvalue weighted by Crippen LogP contribution is -2.27. The van der Waals surface area contributed by atoms with Crippen LogP contribution in [0.2, 0.25) is 0 Å². The smallest absolute Gasteiger partial charge is 0.220 e. The summed E-state index contributed by atoms with van der Waals surface area (Å²) in [5, 5.41) is 3.53. The fourth-order valence-electron chi connectivity index (χ4n) is 3.15. The van der Waals surface area contributed by atoms with Crippen LogP contribution in [0.25, 0.3) is 23.3 Å². The summed E-state index contributed by atoms with van der Waals surface area (Å²) >= 11 is 0. The number of hydrogen-bond acceptors (Lipinski definition) is 4. The third kappa shape index (κ3) is 5.58. The standard InChI is InChI=1S/C26H26N2O2/c1-20(27-19-22-7-3-2-4-8-22)17-18-29-23-14-11-21(12-15-23)13-16-26-28-24-9-5-6-10-25(24)30-26/h2-16,20,27H,17-19H2,1H3. The summed E-state index contributed by atoms with van der Waals surface area (Å²) in [5.74, 6) is 1.48. The molecular weight excluding hydrogens is 372 g/mol. The summed E-state index contributed by atoms with van der Waals surface area (Å²) in [6.45, 7) is 3.75. The van der Waals surface area contributed by atoms with Crippen molar-refractivity contribution in [1.29, 1.82) is 0 Å². The van der Waals surface area contributed by atoms with Crippen molar-refractivity contribution in [1.82, 2.24) is 10.3 Å². The molecule has 1 atom stereocenters. The van der Waals surface area contributed by atoms with Gasteiger partial charge in [-0.2, -0.15) is 0 Å². The van der Waals surface area contributed by atoms with Gasteiger partial charge in [-0.25, -0.2) is 4.98 Å². The van der Waals surface area contributed by atoms with Gasteiger partial charge < -0.3 is 14.5 Å². The predicted molar refractivity (Wildman–Crippen MR) is 122 cm³/mol. The summed E-state index contributed by atoms with van der Waals surface area (Å²) in [7, 11) is 0. The zero-order valence-corrected chi connectivity index (χ0v) is 17.1. The van der Waals surface area contributed by atoms with Crippen molar-refractivity contribution < 1.29 is 9.15 Å². The molecule has 0 amide bonds. The van der Waals surface area contributed by atoms with Crippen molar-refractivity contribution in [2.45, 2.75) is 25.9 Å². The molecule has 0 bridgehead atoms. The molecule has 1 heterocycles. The van der Waals surface area contributed by atoms with Crippen LogP contribution < -0.4 is 10.1 Å². The molecule has 1 aromatic heterocycles. The van der Waals surface area contributed by atoms with Gasteiger partial charge in [-0.15, -0.1) is 0 Å². The molecule has 0 aliphatic carbocycles. The Morgan fingerprint density at radius 3 is 2.50 bits per heavy atom. The normalized spacial score (nSPS) is 12.4.